The van der Waals surface area contributed by atoms with E-state index in [1.807, 2.05) is 0 Å². The van der Waals surface area contributed by atoms with E-state index in [4.69, 9.17) is 4.74 Å². The quantitative estimate of drug-likeness (QED) is 0.232. The van der Waals surface area contributed by atoms with Gasteiger partial charge < -0.3 is 14.6 Å². The Hall–Kier alpha value is -4.00. The fraction of sp³-hybridized carbons (Fsp3) is 0.0769. The number of rotatable bonds is 10. The van der Waals surface area contributed by atoms with Gasteiger partial charge >= 0.3 is 0 Å². The minimum Gasteiger partial charge on any atom is -0.508 e. The van der Waals surface area contributed by atoms with Gasteiger partial charge in [0.15, 0.2) is 17.4 Å². The van der Waals surface area contributed by atoms with Crippen LogP contribution in [0.25, 0.3) is 11.1 Å². The lowest BCUT2D eigenvalue weighted by molar-refractivity contribution is 0.281. The van der Waals surface area contributed by atoms with Crippen molar-refractivity contribution < 1.29 is 32.1 Å². The summed E-state index contributed by atoms with van der Waals surface area (Å²) in [5.74, 6) is -5.68. The van der Waals surface area contributed by atoms with Gasteiger partial charge in [0.25, 0.3) is 0 Å². The molecule has 0 radical (unpaired) electrons. The first-order chi connectivity index (χ1) is 15.6. The molecule has 2 rings (SSSR count). The molecular weight excluding hydrogens is 436 g/mol. The second-order valence-electron chi connectivity index (χ2n) is 6.83. The molecule has 0 aromatic heterocycles. The first kappa shape index (κ1) is 25.3. The van der Waals surface area contributed by atoms with E-state index in [1.165, 1.54) is 48.6 Å². The first-order valence-corrected chi connectivity index (χ1v) is 9.50. The fourth-order valence-corrected chi connectivity index (χ4v) is 2.53. The molecule has 0 amide bonds. The normalized spacial score (nSPS) is 11.7. The first-order valence-electron chi connectivity index (χ1n) is 9.50. The average molecular weight is 458 g/mol. The van der Waals surface area contributed by atoms with Crippen molar-refractivity contribution >= 4 is 0 Å². The van der Waals surface area contributed by atoms with Gasteiger partial charge in [-0.3, -0.25) is 0 Å². The molecule has 2 aromatic carbocycles. The van der Waals surface area contributed by atoms with Gasteiger partial charge in [-0.15, -0.1) is 0 Å². The number of benzene rings is 2. The monoisotopic (exact) mass is 458 g/mol. The molecule has 172 valence electrons. The molecule has 1 N–H and O–H groups in total. The van der Waals surface area contributed by atoms with E-state index in [2.05, 4.69) is 31.1 Å². The fourth-order valence-electron chi connectivity index (χ4n) is 2.53. The third kappa shape index (κ3) is 6.26. The Kier molecular flexibility index (Phi) is 8.45. The molecule has 0 bridgehead atoms. The van der Waals surface area contributed by atoms with E-state index >= 15 is 0 Å². The summed E-state index contributed by atoms with van der Waals surface area (Å²) in [6.07, 6.45) is 2.71. The van der Waals surface area contributed by atoms with Crippen molar-refractivity contribution in [2.75, 3.05) is 13.7 Å². The van der Waals surface area contributed by atoms with Crippen molar-refractivity contribution in [2.45, 2.75) is 0 Å². The van der Waals surface area contributed by atoms with E-state index in [0.717, 1.165) is 7.11 Å². The van der Waals surface area contributed by atoms with Gasteiger partial charge in [-0.2, -0.15) is 8.78 Å². The SMILES string of the molecule is C=C(/C=C\C(=C)C(=C)/C(F)=C(/F)C(=C)OC)COc1ccc(-c2ccc(O)cc2)c(F)c1F. The maximum atomic E-state index is 14.5. The Morgan fingerprint density at radius 3 is 2.15 bits per heavy atom. The van der Waals surface area contributed by atoms with Crippen LogP contribution in [0.3, 0.4) is 0 Å². The third-order valence-corrected chi connectivity index (χ3v) is 4.49. The number of phenols is 1. The van der Waals surface area contributed by atoms with Gasteiger partial charge in [-0.25, -0.2) is 8.78 Å². The number of ether oxygens (including phenoxy) is 2. The van der Waals surface area contributed by atoms with Crippen LogP contribution >= 0.6 is 0 Å². The molecular formula is C26H22F4O3. The third-order valence-electron chi connectivity index (χ3n) is 4.49. The van der Waals surface area contributed by atoms with Crippen LogP contribution in [0, 0.1) is 11.6 Å². The summed E-state index contributed by atoms with van der Waals surface area (Å²) in [6, 6.07) is 8.25. The molecule has 0 saturated carbocycles. The summed E-state index contributed by atoms with van der Waals surface area (Å²) in [5.41, 5.74) is 0.426. The molecule has 7 heteroatoms. The van der Waals surface area contributed by atoms with Crippen LogP contribution in [0.4, 0.5) is 17.6 Å². The number of methoxy groups -OCH3 is 1. The molecule has 0 aliphatic rings. The number of phenolic OH excluding ortho intramolecular Hbond substituents is 1. The Morgan fingerprint density at radius 1 is 0.909 bits per heavy atom. The van der Waals surface area contributed by atoms with Crippen LogP contribution in [0.2, 0.25) is 0 Å². The number of halogens is 4. The highest BCUT2D eigenvalue weighted by Crippen LogP contribution is 2.31. The van der Waals surface area contributed by atoms with Crippen molar-refractivity contribution in [1.29, 1.82) is 0 Å². The maximum Gasteiger partial charge on any atom is 0.201 e. The van der Waals surface area contributed by atoms with E-state index in [-0.39, 0.29) is 34.8 Å². The number of allylic oxidation sites excluding steroid dienone is 5. The Balaban J connectivity index is 2.04. The van der Waals surface area contributed by atoms with Crippen molar-refractivity contribution in [3.05, 3.63) is 121 Å². The minimum absolute atomic E-state index is 0.00161. The molecule has 0 aliphatic carbocycles. The molecule has 0 saturated heterocycles. The number of aromatic hydroxyl groups is 1. The van der Waals surface area contributed by atoms with Gasteiger partial charge in [-0.05, 0) is 41.0 Å². The number of hydrogen-bond donors (Lipinski definition) is 1. The van der Waals surface area contributed by atoms with E-state index in [1.54, 1.807) is 0 Å². The minimum atomic E-state index is -1.30. The summed E-state index contributed by atoms with van der Waals surface area (Å²) < 4.78 is 66.6. The van der Waals surface area contributed by atoms with Crippen LogP contribution in [0.5, 0.6) is 11.5 Å². The van der Waals surface area contributed by atoms with Crippen molar-refractivity contribution in [3.8, 4) is 22.6 Å². The second-order valence-corrected chi connectivity index (χ2v) is 6.83. The Bertz CT molecular complexity index is 1160. The molecule has 0 heterocycles. The van der Waals surface area contributed by atoms with Gasteiger partial charge in [-0.1, -0.05) is 50.6 Å². The van der Waals surface area contributed by atoms with Gasteiger partial charge in [0.2, 0.25) is 11.6 Å². The zero-order valence-corrected chi connectivity index (χ0v) is 17.9. The highest BCUT2D eigenvalue weighted by atomic mass is 19.2. The predicted octanol–water partition coefficient (Wildman–Crippen LogP) is 7.25. The van der Waals surface area contributed by atoms with Crippen molar-refractivity contribution in [2.24, 2.45) is 0 Å². The maximum absolute atomic E-state index is 14.5. The lowest BCUT2D eigenvalue weighted by Crippen LogP contribution is -2.02. The van der Waals surface area contributed by atoms with Crippen LogP contribution in [-0.4, -0.2) is 18.8 Å². The molecule has 33 heavy (non-hydrogen) atoms. The molecule has 2 aromatic rings. The van der Waals surface area contributed by atoms with E-state index < -0.39 is 29.0 Å². The zero-order chi connectivity index (χ0) is 24.7. The van der Waals surface area contributed by atoms with Crippen molar-refractivity contribution in [3.63, 3.8) is 0 Å². The van der Waals surface area contributed by atoms with Gasteiger partial charge in [0.1, 0.15) is 18.1 Å². The van der Waals surface area contributed by atoms with Gasteiger partial charge in [0.05, 0.1) is 7.11 Å². The summed E-state index contributed by atoms with van der Waals surface area (Å²) in [6.45, 7) is 13.8. The van der Waals surface area contributed by atoms with Crippen LogP contribution in [-0.2, 0) is 4.74 Å². The highest BCUT2D eigenvalue weighted by Gasteiger charge is 2.17. The average Bonchev–Trinajstić information content (AvgIpc) is 2.82. The largest absolute Gasteiger partial charge is 0.508 e. The molecule has 3 nitrogen and oxygen atoms in total. The standard InChI is InChI=1S/C26H22F4O3/c1-15(6-7-16(2)17(3)23(27)24(28)18(4)32-5)14-33-22-13-12-21(25(29)26(22)30)19-8-10-20(31)11-9-19/h6-13,31H,1-4,14H2,5H3/b7-6-,24-23-. The Labute approximate surface area is 189 Å². The van der Waals surface area contributed by atoms with Crippen LogP contribution in [0.1, 0.15) is 0 Å². The smallest absolute Gasteiger partial charge is 0.201 e. The summed E-state index contributed by atoms with van der Waals surface area (Å²) >= 11 is 0. The summed E-state index contributed by atoms with van der Waals surface area (Å²) in [4.78, 5) is 0. The highest BCUT2D eigenvalue weighted by molar-refractivity contribution is 5.66. The molecule has 0 atom stereocenters. The summed E-state index contributed by atoms with van der Waals surface area (Å²) in [5, 5.41) is 9.33. The topological polar surface area (TPSA) is 38.7 Å². The summed E-state index contributed by atoms with van der Waals surface area (Å²) in [7, 11) is 1.15. The number of hydrogen-bond acceptors (Lipinski definition) is 3. The van der Waals surface area contributed by atoms with E-state index in [0.29, 0.717) is 11.1 Å². The predicted molar refractivity (Wildman–Crippen MR) is 121 cm³/mol. The van der Waals surface area contributed by atoms with Crippen LogP contribution < -0.4 is 4.74 Å². The van der Waals surface area contributed by atoms with Crippen LogP contribution in [0.15, 0.2) is 109 Å². The van der Waals surface area contributed by atoms with Crippen molar-refractivity contribution in [1.82, 2.24) is 0 Å². The molecule has 0 unspecified atom stereocenters. The lowest BCUT2D eigenvalue weighted by atomic mass is 10.0. The molecule has 0 spiro atoms. The lowest BCUT2D eigenvalue weighted by Gasteiger charge is -2.11. The molecule has 0 aliphatic heterocycles. The van der Waals surface area contributed by atoms with Gasteiger partial charge in [0, 0.05) is 11.1 Å². The van der Waals surface area contributed by atoms with E-state index in [9.17, 15) is 22.7 Å². The Morgan fingerprint density at radius 2 is 1.55 bits per heavy atom. The second kappa shape index (κ2) is 11.0. The molecule has 0 fully saturated rings. The zero-order valence-electron chi connectivity index (χ0n) is 17.9.